The van der Waals surface area contributed by atoms with Crippen molar-refractivity contribution in [1.82, 2.24) is 10.2 Å². The van der Waals surface area contributed by atoms with Crippen LogP contribution >= 0.6 is 0 Å². The Hall–Kier alpha value is -3.35. The van der Waals surface area contributed by atoms with Gasteiger partial charge in [-0.15, -0.1) is 0 Å². The highest BCUT2D eigenvalue weighted by Crippen LogP contribution is 2.44. The average molecular weight is 424 g/mol. The van der Waals surface area contributed by atoms with Crippen molar-refractivity contribution < 1.29 is 24.2 Å². The molecule has 7 heteroatoms. The van der Waals surface area contributed by atoms with Gasteiger partial charge in [0.1, 0.15) is 12.6 Å². The third-order valence-electron chi connectivity index (χ3n) is 5.91. The van der Waals surface area contributed by atoms with Crippen molar-refractivity contribution >= 4 is 18.0 Å². The van der Waals surface area contributed by atoms with Gasteiger partial charge in [0, 0.05) is 25.4 Å². The van der Waals surface area contributed by atoms with Crippen molar-refractivity contribution in [1.29, 1.82) is 0 Å². The number of rotatable bonds is 8. The minimum atomic E-state index is -1.08. The van der Waals surface area contributed by atoms with Gasteiger partial charge in [0.25, 0.3) is 0 Å². The van der Waals surface area contributed by atoms with E-state index < -0.39 is 24.1 Å². The molecule has 0 aliphatic heterocycles. The van der Waals surface area contributed by atoms with Gasteiger partial charge in [-0.25, -0.2) is 9.59 Å². The first kappa shape index (κ1) is 22.3. The number of carboxylic acids is 1. The first-order valence-corrected chi connectivity index (χ1v) is 10.4. The normalized spacial score (nSPS) is 14.2. The van der Waals surface area contributed by atoms with E-state index >= 15 is 0 Å². The third-order valence-corrected chi connectivity index (χ3v) is 5.91. The molecule has 0 fully saturated rings. The molecule has 2 amide bonds. The lowest BCUT2D eigenvalue weighted by Gasteiger charge is -2.24. The molecule has 0 saturated carbocycles. The van der Waals surface area contributed by atoms with Gasteiger partial charge < -0.3 is 20.1 Å². The van der Waals surface area contributed by atoms with Crippen LogP contribution in [0.5, 0.6) is 0 Å². The van der Waals surface area contributed by atoms with Gasteiger partial charge in [-0.05, 0) is 35.6 Å². The van der Waals surface area contributed by atoms with Crippen LogP contribution in [0.1, 0.15) is 43.7 Å². The Labute approximate surface area is 182 Å². The molecule has 1 unspecified atom stereocenters. The summed E-state index contributed by atoms with van der Waals surface area (Å²) in [7, 11) is 1.45. The second-order valence-corrected chi connectivity index (χ2v) is 7.80. The molecule has 7 nitrogen and oxygen atoms in total. The Kier molecular flexibility index (Phi) is 6.95. The predicted molar refractivity (Wildman–Crippen MR) is 117 cm³/mol. The fraction of sp³-hybridized carbons (Fsp3) is 0.375. The molecule has 1 aliphatic carbocycles. The molecule has 2 aromatic carbocycles. The van der Waals surface area contributed by atoms with Gasteiger partial charge in [-0.3, -0.25) is 4.79 Å². The number of likely N-dealkylation sites (N-methyl/N-ethyl adjacent to an activating group) is 1. The number of nitrogens with one attached hydrogen (secondary N) is 1. The summed E-state index contributed by atoms with van der Waals surface area (Å²) in [5.74, 6) is -1.46. The first-order chi connectivity index (χ1) is 14.8. The minimum Gasteiger partial charge on any atom is -0.480 e. The summed E-state index contributed by atoms with van der Waals surface area (Å²) in [5.41, 5.74) is 4.56. The van der Waals surface area contributed by atoms with E-state index in [1.165, 1.54) is 18.9 Å². The zero-order valence-electron chi connectivity index (χ0n) is 18.0. The monoisotopic (exact) mass is 424 g/mol. The predicted octanol–water partition coefficient (Wildman–Crippen LogP) is 3.63. The van der Waals surface area contributed by atoms with E-state index in [4.69, 9.17) is 9.84 Å². The van der Waals surface area contributed by atoms with Crippen LogP contribution in [0.15, 0.2) is 48.5 Å². The van der Waals surface area contributed by atoms with Gasteiger partial charge in [-0.1, -0.05) is 55.5 Å². The van der Waals surface area contributed by atoms with Crippen molar-refractivity contribution in [3.8, 4) is 11.1 Å². The van der Waals surface area contributed by atoms with E-state index in [0.29, 0.717) is 6.42 Å². The van der Waals surface area contributed by atoms with E-state index in [0.717, 1.165) is 22.3 Å². The number of nitrogens with zero attached hydrogens (tertiary/aromatic N) is 1. The highest BCUT2D eigenvalue weighted by Gasteiger charge is 2.29. The number of benzene rings is 2. The van der Waals surface area contributed by atoms with E-state index in [2.05, 4.69) is 17.4 Å². The van der Waals surface area contributed by atoms with Crippen LogP contribution in [0.25, 0.3) is 11.1 Å². The molecule has 164 valence electrons. The second-order valence-electron chi connectivity index (χ2n) is 7.80. The maximum Gasteiger partial charge on any atom is 0.407 e. The number of alkyl carbamates (subject to hydrolysis) is 1. The van der Waals surface area contributed by atoms with Gasteiger partial charge >= 0.3 is 12.1 Å². The Balaban J connectivity index is 1.59. The van der Waals surface area contributed by atoms with Crippen molar-refractivity contribution in [3.63, 3.8) is 0 Å². The number of hydrogen-bond donors (Lipinski definition) is 2. The molecule has 1 aliphatic rings. The molecule has 3 rings (SSSR count). The number of fused-ring (bicyclic) bond motifs is 3. The van der Waals surface area contributed by atoms with Gasteiger partial charge in [0.15, 0.2) is 0 Å². The summed E-state index contributed by atoms with van der Waals surface area (Å²) in [6, 6.07) is 14.8. The molecule has 0 spiro atoms. The zero-order valence-corrected chi connectivity index (χ0v) is 18.0. The Morgan fingerprint density at radius 3 is 2.13 bits per heavy atom. The summed E-state index contributed by atoms with van der Waals surface area (Å²) in [4.78, 5) is 37.0. The number of carboxylic acid groups (broad SMARTS) is 1. The molecule has 0 heterocycles. The van der Waals surface area contributed by atoms with E-state index in [9.17, 15) is 14.4 Å². The van der Waals surface area contributed by atoms with E-state index in [-0.39, 0.29) is 24.9 Å². The molecule has 0 saturated heterocycles. The molecular formula is C24H28N2O5. The first-order valence-electron chi connectivity index (χ1n) is 10.4. The highest BCUT2D eigenvalue weighted by molar-refractivity contribution is 5.84. The van der Waals surface area contributed by atoms with Crippen molar-refractivity contribution in [2.45, 2.75) is 44.7 Å². The number of aliphatic carboxylic acids is 1. The summed E-state index contributed by atoms with van der Waals surface area (Å²) < 4.78 is 5.53. The highest BCUT2D eigenvalue weighted by atomic mass is 16.5. The minimum absolute atomic E-state index is 0.00875. The van der Waals surface area contributed by atoms with Crippen LogP contribution in [-0.4, -0.2) is 53.7 Å². The summed E-state index contributed by atoms with van der Waals surface area (Å²) in [6.45, 7) is 3.49. The largest absolute Gasteiger partial charge is 0.480 e. The van der Waals surface area contributed by atoms with E-state index in [1.807, 2.05) is 43.3 Å². The van der Waals surface area contributed by atoms with E-state index in [1.54, 1.807) is 0 Å². The van der Waals surface area contributed by atoms with Crippen LogP contribution in [0.2, 0.25) is 0 Å². The summed E-state index contributed by atoms with van der Waals surface area (Å²) in [6.07, 6.45) is -0.0597. The number of ether oxygens (including phenoxy) is 1. The standard InChI is InChI=1S/C24H28N2O5/c1-4-16(13-22(27)26(3)15(2)23(28)29)25-24(30)31-14-21-19-11-7-5-9-17(19)18-10-6-8-12-20(18)21/h5-12,15-16,21H,4,13-14H2,1-3H3,(H,25,30)(H,28,29)/t15?,16-/m1/s1. The van der Waals surface area contributed by atoms with Crippen molar-refractivity contribution in [2.24, 2.45) is 0 Å². The molecule has 0 aromatic heterocycles. The Morgan fingerprint density at radius 2 is 1.61 bits per heavy atom. The molecule has 0 radical (unpaired) electrons. The quantitative estimate of drug-likeness (QED) is 0.675. The van der Waals surface area contributed by atoms with Gasteiger partial charge in [-0.2, -0.15) is 0 Å². The molecule has 2 atom stereocenters. The average Bonchev–Trinajstić information content (AvgIpc) is 3.09. The van der Waals surface area contributed by atoms with Gasteiger partial charge in [0.05, 0.1) is 0 Å². The fourth-order valence-corrected chi connectivity index (χ4v) is 3.84. The number of carbonyl (C=O) groups is 3. The maximum atomic E-state index is 12.4. The smallest absolute Gasteiger partial charge is 0.407 e. The third kappa shape index (κ3) is 4.87. The lowest BCUT2D eigenvalue weighted by atomic mass is 9.98. The fourth-order valence-electron chi connectivity index (χ4n) is 3.84. The Morgan fingerprint density at radius 1 is 1.06 bits per heavy atom. The number of amides is 2. The van der Waals surface area contributed by atoms with Crippen LogP contribution < -0.4 is 5.32 Å². The molecule has 0 bridgehead atoms. The molecule has 2 aromatic rings. The lowest BCUT2D eigenvalue weighted by Crippen LogP contribution is -2.44. The van der Waals surface area contributed by atoms with Crippen LogP contribution in [-0.2, 0) is 14.3 Å². The van der Waals surface area contributed by atoms with Crippen LogP contribution in [0.3, 0.4) is 0 Å². The molecular weight excluding hydrogens is 396 g/mol. The maximum absolute atomic E-state index is 12.4. The topological polar surface area (TPSA) is 95.9 Å². The van der Waals surface area contributed by atoms with Gasteiger partial charge in [0.2, 0.25) is 5.91 Å². The number of carbonyl (C=O) groups excluding carboxylic acids is 2. The lowest BCUT2D eigenvalue weighted by molar-refractivity contribution is -0.148. The summed E-state index contributed by atoms with van der Waals surface area (Å²) in [5, 5.41) is 11.8. The molecule has 31 heavy (non-hydrogen) atoms. The van der Waals surface area contributed by atoms with Crippen LogP contribution in [0, 0.1) is 0 Å². The molecule has 2 N–H and O–H groups in total. The number of hydrogen-bond acceptors (Lipinski definition) is 4. The summed E-state index contributed by atoms with van der Waals surface area (Å²) >= 11 is 0. The Bertz CT molecular complexity index is 928. The zero-order chi connectivity index (χ0) is 22.5. The van der Waals surface area contributed by atoms with Crippen LogP contribution in [0.4, 0.5) is 4.79 Å². The van der Waals surface area contributed by atoms with Crippen molar-refractivity contribution in [2.75, 3.05) is 13.7 Å². The SMILES string of the molecule is CC[C@H](CC(=O)N(C)C(C)C(=O)O)NC(=O)OCC1c2ccccc2-c2ccccc21. The second kappa shape index (κ2) is 9.64. The van der Waals surface area contributed by atoms with Crippen molar-refractivity contribution in [3.05, 3.63) is 59.7 Å².